The molecule has 3 N–H and O–H groups in total. The maximum atomic E-state index is 11.1. The number of nitriles is 1. The summed E-state index contributed by atoms with van der Waals surface area (Å²) in [4.78, 5) is 19.8. The Morgan fingerprint density at radius 3 is 2.76 bits per heavy atom. The lowest BCUT2D eigenvalue weighted by atomic mass is 9.64. The van der Waals surface area contributed by atoms with Crippen LogP contribution in [0, 0.1) is 22.7 Å². The molecule has 7 nitrogen and oxygen atoms in total. The molecule has 0 aliphatic carbocycles. The lowest BCUT2D eigenvalue weighted by molar-refractivity contribution is -0.120. The van der Waals surface area contributed by atoms with Gasteiger partial charge in [0, 0.05) is 31.8 Å². The van der Waals surface area contributed by atoms with Crippen molar-refractivity contribution in [3.63, 3.8) is 0 Å². The first-order chi connectivity index (χ1) is 12.1. The Bertz CT molecular complexity index is 664. The number of hydrogen-bond donors (Lipinski definition) is 2. The highest BCUT2D eigenvalue weighted by atomic mass is 16.3. The van der Waals surface area contributed by atoms with Crippen LogP contribution in [0.2, 0.25) is 0 Å². The third-order valence-corrected chi connectivity index (χ3v) is 5.84. The Kier molecular flexibility index (Phi) is 5.21. The van der Waals surface area contributed by atoms with Crippen LogP contribution in [0.5, 0.6) is 0 Å². The Morgan fingerprint density at radius 2 is 2.12 bits per heavy atom. The van der Waals surface area contributed by atoms with E-state index in [0.29, 0.717) is 12.1 Å². The van der Waals surface area contributed by atoms with Crippen LogP contribution in [0.1, 0.15) is 24.8 Å². The number of hydrogen-bond acceptors (Lipinski definition) is 6. The minimum absolute atomic E-state index is 0.117. The van der Waals surface area contributed by atoms with Crippen molar-refractivity contribution in [3.8, 4) is 6.07 Å². The van der Waals surface area contributed by atoms with Crippen molar-refractivity contribution in [3.05, 3.63) is 23.9 Å². The third kappa shape index (κ3) is 3.75. The van der Waals surface area contributed by atoms with E-state index in [-0.39, 0.29) is 23.8 Å². The lowest BCUT2D eigenvalue weighted by Gasteiger charge is -2.51. The minimum atomic E-state index is -0.284. The van der Waals surface area contributed by atoms with E-state index in [1.807, 2.05) is 6.07 Å². The summed E-state index contributed by atoms with van der Waals surface area (Å²) in [6.07, 6.45) is 4.60. The second kappa shape index (κ2) is 7.38. The predicted molar refractivity (Wildman–Crippen MR) is 93.7 cm³/mol. The van der Waals surface area contributed by atoms with Crippen molar-refractivity contribution >= 4 is 11.7 Å². The fourth-order valence-corrected chi connectivity index (χ4v) is 4.27. The number of anilines is 1. The Morgan fingerprint density at radius 1 is 1.40 bits per heavy atom. The fraction of sp³-hybridized carbons (Fsp3) is 0.611. The zero-order valence-electron chi connectivity index (χ0n) is 14.4. The summed E-state index contributed by atoms with van der Waals surface area (Å²) in [5.41, 5.74) is 6.02. The van der Waals surface area contributed by atoms with E-state index in [1.54, 1.807) is 12.3 Å². The quantitative estimate of drug-likeness (QED) is 0.816. The fourth-order valence-electron chi connectivity index (χ4n) is 4.27. The molecule has 134 valence electrons. The van der Waals surface area contributed by atoms with Gasteiger partial charge in [0.25, 0.3) is 0 Å². The molecule has 0 saturated carbocycles. The number of nitrogens with zero attached hydrogens (tertiary/aromatic N) is 4. The average Bonchev–Trinajstić information content (AvgIpc) is 2.64. The molecule has 1 aromatic rings. The van der Waals surface area contributed by atoms with Crippen molar-refractivity contribution in [1.29, 1.82) is 5.26 Å². The SMILES string of the molecule is N#Cc1ccnc(N2CCC3(CCN(CC(N)=O)CC3)C(CO)C2)c1. The first-order valence-corrected chi connectivity index (χ1v) is 8.79. The molecule has 0 radical (unpaired) electrons. The average molecular weight is 343 g/mol. The van der Waals surface area contributed by atoms with E-state index in [4.69, 9.17) is 11.0 Å². The molecule has 3 rings (SSSR count). The molecule has 25 heavy (non-hydrogen) atoms. The number of amides is 1. The van der Waals surface area contributed by atoms with Crippen molar-refractivity contribution in [2.24, 2.45) is 17.1 Å². The molecule has 0 bridgehead atoms. The summed E-state index contributed by atoms with van der Waals surface area (Å²) >= 11 is 0. The molecule has 1 spiro atoms. The summed E-state index contributed by atoms with van der Waals surface area (Å²) in [6, 6.07) is 5.66. The summed E-state index contributed by atoms with van der Waals surface area (Å²) < 4.78 is 0. The van der Waals surface area contributed by atoms with Crippen LogP contribution in [-0.4, -0.2) is 60.2 Å². The van der Waals surface area contributed by atoms with E-state index < -0.39 is 0 Å². The molecule has 0 aromatic carbocycles. The van der Waals surface area contributed by atoms with Gasteiger partial charge in [-0.1, -0.05) is 0 Å². The van der Waals surface area contributed by atoms with Gasteiger partial charge in [-0.3, -0.25) is 9.69 Å². The maximum Gasteiger partial charge on any atom is 0.231 e. The first kappa shape index (κ1) is 17.6. The Balaban J connectivity index is 1.68. The highest BCUT2D eigenvalue weighted by Gasteiger charge is 2.44. The van der Waals surface area contributed by atoms with E-state index in [2.05, 4.69) is 20.9 Å². The summed E-state index contributed by atoms with van der Waals surface area (Å²) in [5.74, 6) is 0.691. The van der Waals surface area contributed by atoms with E-state index >= 15 is 0 Å². The molecule has 1 unspecified atom stereocenters. The van der Waals surface area contributed by atoms with Gasteiger partial charge in [0.2, 0.25) is 5.91 Å². The number of rotatable bonds is 4. The van der Waals surface area contributed by atoms with Crippen LogP contribution in [0.4, 0.5) is 5.82 Å². The zero-order chi connectivity index (χ0) is 17.9. The number of primary amides is 1. The van der Waals surface area contributed by atoms with Crippen LogP contribution in [0.15, 0.2) is 18.3 Å². The highest BCUT2D eigenvalue weighted by Crippen LogP contribution is 2.45. The number of carbonyl (C=O) groups is 1. The van der Waals surface area contributed by atoms with Crippen molar-refractivity contribution in [1.82, 2.24) is 9.88 Å². The maximum absolute atomic E-state index is 11.1. The van der Waals surface area contributed by atoms with E-state index in [1.165, 1.54) is 0 Å². The number of piperidine rings is 2. The molecule has 1 atom stereocenters. The molecule has 1 amide bonds. The molecule has 2 fully saturated rings. The molecule has 2 aliphatic rings. The second-order valence-electron chi connectivity index (χ2n) is 7.19. The minimum Gasteiger partial charge on any atom is -0.396 e. The van der Waals surface area contributed by atoms with Crippen LogP contribution in [0.25, 0.3) is 0 Å². The normalized spacial score (nSPS) is 23.4. The predicted octanol–water partition coefficient (Wildman–Crippen LogP) is 0.339. The molecule has 1 aromatic heterocycles. The number of nitrogens with two attached hydrogens (primary N) is 1. The number of pyridine rings is 1. The van der Waals surface area contributed by atoms with Gasteiger partial charge in [0.15, 0.2) is 0 Å². The van der Waals surface area contributed by atoms with Gasteiger partial charge in [-0.25, -0.2) is 4.98 Å². The van der Waals surface area contributed by atoms with Crippen molar-refractivity contribution in [2.45, 2.75) is 19.3 Å². The Hall–Kier alpha value is -2.17. The van der Waals surface area contributed by atoms with Gasteiger partial charge in [-0.15, -0.1) is 0 Å². The number of aromatic nitrogens is 1. The van der Waals surface area contributed by atoms with Crippen LogP contribution >= 0.6 is 0 Å². The summed E-state index contributed by atoms with van der Waals surface area (Å²) in [7, 11) is 0. The van der Waals surface area contributed by atoms with E-state index in [0.717, 1.165) is 51.3 Å². The van der Waals surface area contributed by atoms with Gasteiger partial charge in [0.05, 0.1) is 18.2 Å². The van der Waals surface area contributed by atoms with Crippen LogP contribution in [0.3, 0.4) is 0 Å². The largest absolute Gasteiger partial charge is 0.396 e. The van der Waals surface area contributed by atoms with Gasteiger partial charge in [-0.2, -0.15) is 5.26 Å². The monoisotopic (exact) mass is 343 g/mol. The smallest absolute Gasteiger partial charge is 0.231 e. The molecule has 2 saturated heterocycles. The molecule has 3 heterocycles. The molecular formula is C18H25N5O2. The molecule has 2 aliphatic heterocycles. The Labute approximate surface area is 148 Å². The van der Waals surface area contributed by atoms with Crippen LogP contribution < -0.4 is 10.6 Å². The standard InChI is InChI=1S/C18H25N5O2/c19-10-14-1-5-21-17(9-14)23-8-4-18(15(11-23)13-24)2-6-22(7-3-18)12-16(20)25/h1,5,9,15,24H,2-4,6-8,11-13H2,(H2,20,25). The summed E-state index contributed by atoms with van der Waals surface area (Å²) in [6.45, 7) is 3.77. The molecule has 7 heteroatoms. The number of aliphatic hydroxyl groups is 1. The number of carbonyl (C=O) groups excluding carboxylic acids is 1. The highest BCUT2D eigenvalue weighted by molar-refractivity contribution is 5.75. The lowest BCUT2D eigenvalue weighted by Crippen LogP contribution is -2.54. The molecular weight excluding hydrogens is 318 g/mol. The first-order valence-electron chi connectivity index (χ1n) is 8.79. The van der Waals surface area contributed by atoms with Crippen LogP contribution in [-0.2, 0) is 4.79 Å². The van der Waals surface area contributed by atoms with Crippen molar-refractivity contribution in [2.75, 3.05) is 44.2 Å². The second-order valence-corrected chi connectivity index (χ2v) is 7.19. The number of likely N-dealkylation sites (tertiary alicyclic amines) is 1. The van der Waals surface area contributed by atoms with Crippen molar-refractivity contribution < 1.29 is 9.90 Å². The number of aliphatic hydroxyl groups excluding tert-OH is 1. The third-order valence-electron chi connectivity index (χ3n) is 5.84. The van der Waals surface area contributed by atoms with Gasteiger partial charge in [-0.05, 0) is 49.9 Å². The zero-order valence-corrected chi connectivity index (χ0v) is 14.4. The topological polar surface area (TPSA) is 106 Å². The van der Waals surface area contributed by atoms with E-state index in [9.17, 15) is 9.90 Å². The van der Waals surface area contributed by atoms with Gasteiger partial charge in [0.1, 0.15) is 5.82 Å². The van der Waals surface area contributed by atoms with Gasteiger partial charge < -0.3 is 15.7 Å². The van der Waals surface area contributed by atoms with Gasteiger partial charge >= 0.3 is 0 Å². The summed E-state index contributed by atoms with van der Waals surface area (Å²) in [5, 5.41) is 19.1.